The van der Waals surface area contributed by atoms with E-state index >= 15 is 0 Å². The molecule has 0 atom stereocenters. The molecule has 0 fully saturated rings. The summed E-state index contributed by atoms with van der Waals surface area (Å²) in [6.45, 7) is 35.9. The first-order chi connectivity index (χ1) is 14.7. The molecule has 0 unspecified atom stereocenters. The minimum atomic E-state index is -1.54. The summed E-state index contributed by atoms with van der Waals surface area (Å²) in [7, 11) is -3.58. The van der Waals surface area contributed by atoms with Crippen molar-refractivity contribution in [3.05, 3.63) is 60.9 Å². The maximum atomic E-state index is 4.97. The normalized spacial score (nSPS) is 13.3. The summed E-state index contributed by atoms with van der Waals surface area (Å²) >= 11 is 0. The Balaban J connectivity index is 2.85. The molecule has 0 heterocycles. The van der Waals surface area contributed by atoms with Crippen LogP contribution in [0.3, 0.4) is 0 Å². The fourth-order valence-electron chi connectivity index (χ4n) is 4.94. The van der Waals surface area contributed by atoms with Crippen molar-refractivity contribution >= 4 is 43.7 Å². The maximum absolute atomic E-state index is 4.97. The van der Waals surface area contributed by atoms with Crippen LogP contribution in [0.5, 0.6) is 0 Å². The van der Waals surface area contributed by atoms with E-state index in [0.717, 1.165) is 0 Å². The Morgan fingerprint density at radius 3 is 1.12 bits per heavy atom. The van der Waals surface area contributed by atoms with Crippen molar-refractivity contribution in [2.75, 3.05) is 6.66 Å². The highest BCUT2D eigenvalue weighted by Crippen LogP contribution is 2.66. The largest absolute Gasteiger partial charge is 0.174 e. The van der Waals surface area contributed by atoms with Crippen molar-refractivity contribution in [1.82, 2.24) is 0 Å². The van der Waals surface area contributed by atoms with Gasteiger partial charge in [0.2, 0.25) is 0 Å². The molecule has 0 bridgehead atoms. The van der Waals surface area contributed by atoms with E-state index < -0.39 is 22.4 Å². The molecule has 0 aliphatic rings. The monoisotopic (exact) mass is 488 g/mol. The highest BCUT2D eigenvalue weighted by molar-refractivity contribution is 7.89. The second-order valence-corrected chi connectivity index (χ2v) is 21.7. The van der Waals surface area contributed by atoms with Gasteiger partial charge in [-0.1, -0.05) is 37.8 Å². The van der Waals surface area contributed by atoms with E-state index in [-0.39, 0.29) is 0 Å². The molecule has 32 heavy (non-hydrogen) atoms. The van der Waals surface area contributed by atoms with Crippen LogP contribution < -0.4 is 21.2 Å². The second kappa shape index (κ2) is 10.6. The van der Waals surface area contributed by atoms with E-state index in [4.69, 9.17) is 13.3 Å². The SMILES string of the molecule is [CH2-][P+](c1ccc(C)cc1P(C)c1cc(C)ccc1[P+]([CH2-])(C(C)C)C(C)C)(C(C)C)C(C)C. The minimum Gasteiger partial charge on any atom is -0.174 e. The van der Waals surface area contributed by atoms with E-state index in [2.05, 4.69) is 112 Å². The molecule has 0 amide bonds. The summed E-state index contributed by atoms with van der Waals surface area (Å²) in [5, 5.41) is 6.21. The lowest BCUT2D eigenvalue weighted by Gasteiger charge is -2.42. The van der Waals surface area contributed by atoms with E-state index in [1.165, 1.54) is 11.1 Å². The predicted octanol–water partition coefficient (Wildman–Crippen LogP) is 7.87. The Bertz CT molecular complexity index is 832. The average molecular weight is 489 g/mol. The third-order valence-electron chi connectivity index (χ3n) is 7.57. The third-order valence-corrected chi connectivity index (χ3v) is 20.1. The minimum absolute atomic E-state index is 0.497. The first-order valence-electron chi connectivity index (χ1n) is 12.1. The van der Waals surface area contributed by atoms with Gasteiger partial charge in [-0.15, -0.1) is 0 Å². The maximum Gasteiger partial charge on any atom is 0.0730 e. The first-order valence-corrected chi connectivity index (χ1v) is 18.1. The molecule has 2 aromatic carbocycles. The number of hydrogen-bond acceptors (Lipinski definition) is 0. The highest BCUT2D eigenvalue weighted by Gasteiger charge is 2.40. The van der Waals surface area contributed by atoms with Crippen molar-refractivity contribution in [3.63, 3.8) is 0 Å². The number of hydrogen-bond donors (Lipinski definition) is 0. The number of benzene rings is 2. The number of aryl methyl sites for hydroxylation is 2. The Morgan fingerprint density at radius 2 is 0.875 bits per heavy atom. The summed E-state index contributed by atoms with van der Waals surface area (Å²) in [5.41, 5.74) is 5.03. The van der Waals surface area contributed by atoms with Crippen molar-refractivity contribution in [2.24, 2.45) is 0 Å². The summed E-state index contributed by atoms with van der Waals surface area (Å²) in [5.74, 6) is 0. The summed E-state index contributed by atoms with van der Waals surface area (Å²) in [4.78, 5) is 0. The van der Waals surface area contributed by atoms with Crippen LogP contribution in [0.15, 0.2) is 36.4 Å². The summed E-state index contributed by atoms with van der Waals surface area (Å²) in [6, 6.07) is 14.4. The molecule has 2 rings (SSSR count). The lowest BCUT2D eigenvalue weighted by atomic mass is 10.2. The first kappa shape index (κ1) is 28.0. The van der Waals surface area contributed by atoms with Crippen LogP contribution in [0.4, 0.5) is 0 Å². The van der Waals surface area contributed by atoms with Crippen LogP contribution in [0, 0.1) is 27.2 Å². The molecule has 0 aliphatic carbocycles. The molecule has 0 saturated heterocycles. The predicted molar refractivity (Wildman–Crippen MR) is 159 cm³/mol. The van der Waals surface area contributed by atoms with Crippen LogP contribution >= 0.6 is 22.4 Å². The molecule has 3 heteroatoms. The smallest absolute Gasteiger partial charge is 0.0730 e. The van der Waals surface area contributed by atoms with Gasteiger partial charge in [-0.3, -0.25) is 0 Å². The molecular formula is C29H47P3. The van der Waals surface area contributed by atoms with Gasteiger partial charge in [-0.25, -0.2) is 0 Å². The fraction of sp³-hybridized carbons (Fsp3) is 0.517. The fourth-order valence-corrected chi connectivity index (χ4v) is 15.1. The van der Waals surface area contributed by atoms with Crippen molar-refractivity contribution in [3.8, 4) is 0 Å². The van der Waals surface area contributed by atoms with Crippen LogP contribution in [-0.4, -0.2) is 29.3 Å². The van der Waals surface area contributed by atoms with Crippen LogP contribution in [0.2, 0.25) is 0 Å². The van der Waals surface area contributed by atoms with Crippen molar-refractivity contribution in [1.29, 1.82) is 0 Å². The Kier molecular flexibility index (Phi) is 9.23. The van der Waals surface area contributed by atoms with Gasteiger partial charge >= 0.3 is 0 Å². The van der Waals surface area contributed by atoms with Crippen LogP contribution in [0.1, 0.15) is 66.5 Å². The Hall–Kier alpha value is -0.270. The van der Waals surface area contributed by atoms with Gasteiger partial charge < -0.3 is 0 Å². The topological polar surface area (TPSA) is 0 Å². The Labute approximate surface area is 202 Å². The van der Waals surface area contributed by atoms with E-state index in [1.807, 2.05) is 0 Å². The van der Waals surface area contributed by atoms with E-state index in [9.17, 15) is 0 Å². The molecule has 0 spiro atoms. The van der Waals surface area contributed by atoms with E-state index in [1.54, 1.807) is 21.2 Å². The summed E-state index contributed by atoms with van der Waals surface area (Å²) < 4.78 is 0. The lowest BCUT2D eigenvalue weighted by Crippen LogP contribution is -2.39. The van der Waals surface area contributed by atoms with Gasteiger partial charge in [0.1, 0.15) is 0 Å². The molecular weight excluding hydrogens is 441 g/mol. The van der Waals surface area contributed by atoms with Crippen molar-refractivity contribution < 1.29 is 0 Å². The lowest BCUT2D eigenvalue weighted by molar-refractivity contribution is 1.00. The van der Waals surface area contributed by atoms with Gasteiger partial charge in [0, 0.05) is 33.2 Å². The van der Waals surface area contributed by atoms with Gasteiger partial charge in [-0.2, -0.15) is 13.3 Å². The Morgan fingerprint density at radius 1 is 0.594 bits per heavy atom. The van der Waals surface area contributed by atoms with Crippen LogP contribution in [0.25, 0.3) is 0 Å². The molecule has 178 valence electrons. The van der Waals surface area contributed by atoms with E-state index in [0.29, 0.717) is 22.6 Å². The van der Waals surface area contributed by atoms with Crippen LogP contribution in [-0.2, 0) is 0 Å². The second-order valence-electron chi connectivity index (χ2n) is 10.8. The number of rotatable bonds is 8. The quantitative estimate of drug-likeness (QED) is 0.262. The highest BCUT2D eigenvalue weighted by atomic mass is 31.2. The average Bonchev–Trinajstić information content (AvgIpc) is 2.71. The van der Waals surface area contributed by atoms with Gasteiger partial charge in [0.25, 0.3) is 0 Å². The molecule has 0 aliphatic heterocycles. The molecule has 0 radical (unpaired) electrons. The zero-order chi connectivity index (χ0) is 24.6. The van der Waals surface area contributed by atoms with Gasteiger partial charge in [0.15, 0.2) is 0 Å². The molecule has 0 aromatic heterocycles. The third kappa shape index (κ3) is 5.05. The van der Waals surface area contributed by atoms with Gasteiger partial charge in [0.05, 0.1) is 10.6 Å². The zero-order valence-corrected chi connectivity index (χ0v) is 25.2. The molecule has 0 nitrogen and oxygen atoms in total. The van der Waals surface area contributed by atoms with Gasteiger partial charge in [-0.05, 0) is 108 Å². The van der Waals surface area contributed by atoms with Crippen molar-refractivity contribution in [2.45, 2.75) is 91.9 Å². The zero-order valence-electron chi connectivity index (χ0n) is 22.5. The molecule has 0 N–H and O–H groups in total. The molecule has 2 aromatic rings. The standard InChI is InChI=1S/C29H47P3/c1-20(2)31(12,21(3)4)28-16-14-24(9)18-26(28)30(11)27-19-25(10)15-17-29(27)32(13,22(5)6)23(7)8/h14-23H,12-13H2,1-11H3. The summed E-state index contributed by atoms with van der Waals surface area (Å²) in [6.07, 6.45) is 0. The molecule has 0 saturated carbocycles.